The normalized spacial score (nSPS) is 10.8. The third kappa shape index (κ3) is 9.23. The van der Waals surface area contributed by atoms with E-state index in [2.05, 4.69) is 4.74 Å². The van der Waals surface area contributed by atoms with Crippen molar-refractivity contribution in [3.05, 3.63) is 67.6 Å². The van der Waals surface area contributed by atoms with Crippen LogP contribution >= 0.6 is 81.2 Å². The fourth-order valence-corrected chi connectivity index (χ4v) is 2.99. The molecule has 2 rings (SSSR count). The molecule has 0 unspecified atom stereocenters. The van der Waals surface area contributed by atoms with Crippen molar-refractivity contribution in [2.24, 2.45) is 0 Å². The zero-order chi connectivity index (χ0) is 19.9. The molecule has 0 saturated carbocycles. The van der Waals surface area contributed by atoms with Gasteiger partial charge in [0.2, 0.25) is 0 Å². The number of hydrogen-bond donors (Lipinski definition) is 0. The Labute approximate surface area is 187 Å². The lowest BCUT2D eigenvalue weighted by Gasteiger charge is -2.11. The van der Waals surface area contributed by atoms with E-state index in [4.69, 9.17) is 81.2 Å². The van der Waals surface area contributed by atoms with Gasteiger partial charge in [0.25, 0.3) is 0 Å². The predicted molar refractivity (Wildman–Crippen MR) is 113 cm³/mol. The zero-order valence-electron chi connectivity index (χ0n) is 13.3. The summed E-state index contributed by atoms with van der Waals surface area (Å²) in [5.74, 6) is -0.329. The lowest BCUT2D eigenvalue weighted by Crippen LogP contribution is -2.07. The molecule has 9 heteroatoms. The summed E-state index contributed by atoms with van der Waals surface area (Å²) in [6.07, 6.45) is 0.396. The van der Waals surface area contributed by atoms with E-state index in [1.807, 2.05) is 0 Å². The molecule has 0 aliphatic rings. The van der Waals surface area contributed by atoms with Gasteiger partial charge in [-0.1, -0.05) is 81.2 Å². The second kappa shape index (κ2) is 11.1. The predicted octanol–water partition coefficient (Wildman–Crippen LogP) is 7.62. The molecule has 0 atom stereocenters. The number of alkyl halides is 3. The second-order valence-electron chi connectivity index (χ2n) is 5.02. The summed E-state index contributed by atoms with van der Waals surface area (Å²) in [6.45, 7) is 0. The SMILES string of the molecule is COC(=O)Cc1cc(Cl)ccc1Cl.Clc1ccc(Cl)c(CC(Cl)(Cl)Cl)c1. The summed E-state index contributed by atoms with van der Waals surface area (Å²) in [6, 6.07) is 10.0. The first-order chi connectivity index (χ1) is 12.0. The van der Waals surface area contributed by atoms with Gasteiger partial charge in [0.05, 0.1) is 13.5 Å². The maximum atomic E-state index is 10.9. The summed E-state index contributed by atoms with van der Waals surface area (Å²) in [7, 11) is 1.33. The van der Waals surface area contributed by atoms with Crippen LogP contribution in [0.5, 0.6) is 0 Å². The number of benzene rings is 2. The van der Waals surface area contributed by atoms with E-state index in [0.717, 1.165) is 5.56 Å². The molecule has 2 nitrogen and oxygen atoms in total. The number of halogens is 7. The molecular formula is C17H13Cl7O2. The van der Waals surface area contributed by atoms with Gasteiger partial charge < -0.3 is 4.74 Å². The van der Waals surface area contributed by atoms with Crippen molar-refractivity contribution in [2.45, 2.75) is 16.6 Å². The highest BCUT2D eigenvalue weighted by Crippen LogP contribution is 2.33. The van der Waals surface area contributed by atoms with Crippen molar-refractivity contribution < 1.29 is 9.53 Å². The fraction of sp³-hybridized carbons (Fsp3) is 0.235. The van der Waals surface area contributed by atoms with Gasteiger partial charge in [-0.2, -0.15) is 0 Å². The van der Waals surface area contributed by atoms with Crippen molar-refractivity contribution in [3.8, 4) is 0 Å². The molecule has 0 heterocycles. The van der Waals surface area contributed by atoms with Crippen LogP contribution in [0.2, 0.25) is 20.1 Å². The van der Waals surface area contributed by atoms with E-state index < -0.39 is 3.79 Å². The van der Waals surface area contributed by atoms with Crippen LogP contribution in [-0.4, -0.2) is 16.9 Å². The zero-order valence-corrected chi connectivity index (χ0v) is 18.6. The lowest BCUT2D eigenvalue weighted by atomic mass is 10.1. The van der Waals surface area contributed by atoms with Crippen LogP contribution in [0.4, 0.5) is 0 Å². The minimum absolute atomic E-state index is 0.149. The minimum Gasteiger partial charge on any atom is -0.469 e. The van der Waals surface area contributed by atoms with E-state index in [-0.39, 0.29) is 18.8 Å². The third-order valence-corrected chi connectivity index (χ3v) is 4.58. The molecule has 0 amide bonds. The molecule has 0 fully saturated rings. The smallest absolute Gasteiger partial charge is 0.310 e. The molecule has 2 aromatic rings. The van der Waals surface area contributed by atoms with Gasteiger partial charge >= 0.3 is 5.97 Å². The highest BCUT2D eigenvalue weighted by atomic mass is 35.6. The van der Waals surface area contributed by atoms with Crippen molar-refractivity contribution >= 4 is 87.2 Å². The fourth-order valence-electron chi connectivity index (χ4n) is 1.80. The standard InChI is InChI=1S/C9H8Cl2O2.C8H5Cl5/c1-13-9(12)5-6-4-7(10)2-3-8(6)11;9-6-1-2-7(10)5(3-6)4-8(11,12)13/h2-4H,5H2,1H3;1-3H,4H2. The number of carbonyl (C=O) groups excluding carboxylic acids is 1. The van der Waals surface area contributed by atoms with Crippen molar-refractivity contribution in [3.63, 3.8) is 0 Å². The molecule has 2 aromatic carbocycles. The molecule has 0 aliphatic heterocycles. The summed E-state index contributed by atoms with van der Waals surface area (Å²) >= 11 is 40.1. The summed E-state index contributed by atoms with van der Waals surface area (Å²) in [5, 5.41) is 2.21. The van der Waals surface area contributed by atoms with Crippen molar-refractivity contribution in [1.29, 1.82) is 0 Å². The monoisotopic (exact) mass is 494 g/mol. The maximum Gasteiger partial charge on any atom is 0.310 e. The molecule has 26 heavy (non-hydrogen) atoms. The first-order valence-corrected chi connectivity index (χ1v) is 9.68. The van der Waals surface area contributed by atoms with Crippen LogP contribution in [0.3, 0.4) is 0 Å². The largest absolute Gasteiger partial charge is 0.469 e. The van der Waals surface area contributed by atoms with Crippen LogP contribution in [0.25, 0.3) is 0 Å². The van der Waals surface area contributed by atoms with Gasteiger partial charge in [-0.3, -0.25) is 4.79 Å². The second-order valence-corrected chi connectivity index (χ2v) is 9.22. The Balaban J connectivity index is 0.000000260. The van der Waals surface area contributed by atoms with Crippen molar-refractivity contribution in [1.82, 2.24) is 0 Å². The highest BCUT2D eigenvalue weighted by molar-refractivity contribution is 6.67. The van der Waals surface area contributed by atoms with E-state index >= 15 is 0 Å². The highest BCUT2D eigenvalue weighted by Gasteiger charge is 2.21. The average Bonchev–Trinajstić information content (AvgIpc) is 2.53. The molecular weight excluding hydrogens is 484 g/mol. The Morgan fingerprint density at radius 3 is 1.81 bits per heavy atom. The quantitative estimate of drug-likeness (QED) is 0.322. The maximum absolute atomic E-state index is 10.9. The van der Waals surface area contributed by atoms with Crippen LogP contribution in [0.1, 0.15) is 11.1 Å². The average molecular weight is 497 g/mol. The van der Waals surface area contributed by atoms with Crippen LogP contribution in [0, 0.1) is 0 Å². The molecule has 0 aliphatic carbocycles. The Morgan fingerprint density at radius 2 is 1.35 bits per heavy atom. The van der Waals surface area contributed by atoms with Crippen LogP contribution in [0.15, 0.2) is 36.4 Å². The number of hydrogen-bond acceptors (Lipinski definition) is 2. The summed E-state index contributed by atoms with van der Waals surface area (Å²) in [5.41, 5.74) is 1.41. The molecule has 0 N–H and O–H groups in total. The molecule has 142 valence electrons. The van der Waals surface area contributed by atoms with E-state index in [0.29, 0.717) is 25.7 Å². The van der Waals surface area contributed by atoms with E-state index in [9.17, 15) is 4.79 Å². The lowest BCUT2D eigenvalue weighted by molar-refractivity contribution is -0.139. The number of rotatable bonds is 3. The van der Waals surface area contributed by atoms with Gasteiger partial charge in [0, 0.05) is 26.5 Å². The number of methoxy groups -OCH3 is 1. The molecule has 0 spiro atoms. The minimum atomic E-state index is -1.34. The van der Waals surface area contributed by atoms with Gasteiger partial charge in [-0.05, 0) is 47.5 Å². The number of carbonyl (C=O) groups is 1. The summed E-state index contributed by atoms with van der Waals surface area (Å²) in [4.78, 5) is 10.9. The molecule has 0 bridgehead atoms. The van der Waals surface area contributed by atoms with Gasteiger partial charge in [0.1, 0.15) is 0 Å². The first kappa shape index (κ1) is 24.0. The van der Waals surface area contributed by atoms with Gasteiger partial charge in [0.15, 0.2) is 3.79 Å². The Hall–Kier alpha value is -0.0600. The molecule has 0 aromatic heterocycles. The van der Waals surface area contributed by atoms with Crippen LogP contribution < -0.4 is 0 Å². The topological polar surface area (TPSA) is 26.3 Å². The van der Waals surface area contributed by atoms with Crippen LogP contribution in [-0.2, 0) is 22.4 Å². The molecule has 0 saturated heterocycles. The Kier molecular flexibility index (Phi) is 10.2. The van der Waals surface area contributed by atoms with E-state index in [1.165, 1.54) is 7.11 Å². The Bertz CT molecular complexity index is 757. The van der Waals surface area contributed by atoms with Crippen molar-refractivity contribution in [2.75, 3.05) is 7.11 Å². The van der Waals surface area contributed by atoms with Gasteiger partial charge in [-0.25, -0.2) is 0 Å². The Morgan fingerprint density at radius 1 is 0.885 bits per heavy atom. The summed E-state index contributed by atoms with van der Waals surface area (Å²) < 4.78 is 3.17. The first-order valence-electron chi connectivity index (χ1n) is 7.03. The third-order valence-electron chi connectivity index (χ3n) is 2.97. The molecule has 0 radical (unpaired) electrons. The number of ether oxygens (including phenoxy) is 1. The van der Waals surface area contributed by atoms with E-state index in [1.54, 1.807) is 36.4 Å². The van der Waals surface area contributed by atoms with Gasteiger partial charge in [-0.15, -0.1) is 0 Å². The number of esters is 1.